The van der Waals surface area contributed by atoms with Gasteiger partial charge < -0.3 is 9.47 Å². The monoisotopic (exact) mass is 200 g/mol. The van der Waals surface area contributed by atoms with E-state index in [2.05, 4.69) is 20.8 Å². The van der Waals surface area contributed by atoms with Gasteiger partial charge in [0, 0.05) is 0 Å². The molecular formula is C12H24O2. The van der Waals surface area contributed by atoms with Gasteiger partial charge in [0.2, 0.25) is 0 Å². The Labute approximate surface area is 88.0 Å². The summed E-state index contributed by atoms with van der Waals surface area (Å²) < 4.78 is 11.6. The van der Waals surface area contributed by atoms with Gasteiger partial charge >= 0.3 is 0 Å². The van der Waals surface area contributed by atoms with Gasteiger partial charge in [0.25, 0.3) is 0 Å². The van der Waals surface area contributed by atoms with Crippen molar-refractivity contribution in [3.63, 3.8) is 0 Å². The largest absolute Gasteiger partial charge is 0.376 e. The molecule has 1 aliphatic heterocycles. The summed E-state index contributed by atoms with van der Waals surface area (Å²) in [6.45, 7) is 7.34. The van der Waals surface area contributed by atoms with Crippen LogP contribution in [0.2, 0.25) is 0 Å². The average molecular weight is 200 g/mol. The van der Waals surface area contributed by atoms with Crippen LogP contribution >= 0.6 is 0 Å². The second kappa shape index (κ2) is 6.41. The van der Waals surface area contributed by atoms with E-state index < -0.39 is 0 Å². The SMILES string of the molecule is CCC(CC)OCC1CCC(CC)O1. The summed E-state index contributed by atoms with van der Waals surface area (Å²) in [6.07, 6.45) is 7.04. The normalized spacial score (nSPS) is 27.4. The third-order valence-electron chi connectivity index (χ3n) is 3.08. The molecule has 1 aliphatic rings. The molecule has 2 unspecified atom stereocenters. The van der Waals surface area contributed by atoms with Crippen molar-refractivity contribution in [1.82, 2.24) is 0 Å². The molecule has 1 heterocycles. The first-order chi connectivity index (χ1) is 6.80. The summed E-state index contributed by atoms with van der Waals surface area (Å²) >= 11 is 0. The molecule has 0 saturated carbocycles. The van der Waals surface area contributed by atoms with Crippen LogP contribution in [0.15, 0.2) is 0 Å². The molecule has 0 amide bonds. The Hall–Kier alpha value is -0.0800. The molecule has 0 bridgehead atoms. The van der Waals surface area contributed by atoms with Crippen molar-refractivity contribution in [3.8, 4) is 0 Å². The zero-order chi connectivity index (χ0) is 10.4. The number of rotatable bonds is 6. The first-order valence-electron chi connectivity index (χ1n) is 6.07. The fourth-order valence-electron chi connectivity index (χ4n) is 1.97. The summed E-state index contributed by atoms with van der Waals surface area (Å²) in [5.74, 6) is 0. The molecule has 1 saturated heterocycles. The fraction of sp³-hybridized carbons (Fsp3) is 1.00. The number of ether oxygens (including phenoxy) is 2. The van der Waals surface area contributed by atoms with E-state index in [1.165, 1.54) is 12.8 Å². The lowest BCUT2D eigenvalue weighted by Crippen LogP contribution is -2.21. The van der Waals surface area contributed by atoms with E-state index in [9.17, 15) is 0 Å². The number of hydrogen-bond donors (Lipinski definition) is 0. The lowest BCUT2D eigenvalue weighted by molar-refractivity contribution is -0.0436. The Morgan fingerprint density at radius 3 is 2.29 bits per heavy atom. The maximum atomic E-state index is 5.82. The van der Waals surface area contributed by atoms with Gasteiger partial charge in [0.15, 0.2) is 0 Å². The van der Waals surface area contributed by atoms with Crippen molar-refractivity contribution in [1.29, 1.82) is 0 Å². The summed E-state index contributed by atoms with van der Waals surface area (Å²) in [7, 11) is 0. The quantitative estimate of drug-likeness (QED) is 0.655. The summed E-state index contributed by atoms with van der Waals surface area (Å²) in [4.78, 5) is 0. The topological polar surface area (TPSA) is 18.5 Å². The predicted octanol–water partition coefficient (Wildman–Crippen LogP) is 3.15. The van der Waals surface area contributed by atoms with Crippen molar-refractivity contribution in [3.05, 3.63) is 0 Å². The van der Waals surface area contributed by atoms with Crippen LogP contribution in [-0.4, -0.2) is 24.9 Å². The number of hydrogen-bond acceptors (Lipinski definition) is 2. The minimum absolute atomic E-state index is 0.362. The Bertz CT molecular complexity index is 143. The van der Waals surface area contributed by atoms with E-state index in [0.29, 0.717) is 18.3 Å². The van der Waals surface area contributed by atoms with E-state index in [1.807, 2.05) is 0 Å². The third kappa shape index (κ3) is 3.58. The van der Waals surface area contributed by atoms with E-state index in [4.69, 9.17) is 9.47 Å². The third-order valence-corrected chi connectivity index (χ3v) is 3.08. The van der Waals surface area contributed by atoms with Gasteiger partial charge in [0.1, 0.15) is 0 Å². The highest BCUT2D eigenvalue weighted by Crippen LogP contribution is 2.22. The maximum Gasteiger partial charge on any atom is 0.0813 e. The minimum Gasteiger partial charge on any atom is -0.376 e. The van der Waals surface area contributed by atoms with Gasteiger partial charge in [-0.15, -0.1) is 0 Å². The highest BCUT2D eigenvalue weighted by molar-refractivity contribution is 4.72. The van der Waals surface area contributed by atoms with Gasteiger partial charge in [-0.05, 0) is 32.1 Å². The fourth-order valence-corrected chi connectivity index (χ4v) is 1.97. The van der Waals surface area contributed by atoms with E-state index in [-0.39, 0.29) is 0 Å². The zero-order valence-electron chi connectivity index (χ0n) is 9.79. The first kappa shape index (κ1) is 12.0. The lowest BCUT2D eigenvalue weighted by atomic mass is 10.1. The molecule has 14 heavy (non-hydrogen) atoms. The van der Waals surface area contributed by atoms with Crippen molar-refractivity contribution >= 4 is 0 Å². The van der Waals surface area contributed by atoms with Crippen LogP contribution in [0.25, 0.3) is 0 Å². The molecule has 1 fully saturated rings. The average Bonchev–Trinajstić information content (AvgIpc) is 2.67. The molecule has 0 aliphatic carbocycles. The summed E-state index contributed by atoms with van der Waals surface area (Å²) in [6, 6.07) is 0. The first-order valence-corrected chi connectivity index (χ1v) is 6.07. The van der Waals surface area contributed by atoms with Gasteiger partial charge in [-0.1, -0.05) is 20.8 Å². The lowest BCUT2D eigenvalue weighted by Gasteiger charge is -2.17. The molecule has 0 spiro atoms. The highest BCUT2D eigenvalue weighted by atomic mass is 16.5. The standard InChI is InChI=1S/C12H24O2/c1-4-10(5-2)13-9-12-8-7-11(6-3)14-12/h10-12H,4-9H2,1-3H3. The van der Waals surface area contributed by atoms with Crippen LogP contribution in [0.3, 0.4) is 0 Å². The molecule has 0 radical (unpaired) electrons. The zero-order valence-corrected chi connectivity index (χ0v) is 9.79. The molecule has 1 rings (SSSR count). The van der Waals surface area contributed by atoms with Crippen molar-refractivity contribution in [2.45, 2.75) is 71.2 Å². The van der Waals surface area contributed by atoms with Gasteiger partial charge in [-0.3, -0.25) is 0 Å². The van der Waals surface area contributed by atoms with Crippen LogP contribution in [0, 0.1) is 0 Å². The second-order valence-electron chi connectivity index (χ2n) is 4.14. The predicted molar refractivity (Wildman–Crippen MR) is 58.5 cm³/mol. The molecule has 0 aromatic heterocycles. The summed E-state index contributed by atoms with van der Waals surface area (Å²) in [5, 5.41) is 0. The molecule has 2 nitrogen and oxygen atoms in total. The molecule has 0 aromatic carbocycles. The van der Waals surface area contributed by atoms with Gasteiger partial charge in [-0.25, -0.2) is 0 Å². The van der Waals surface area contributed by atoms with Crippen molar-refractivity contribution in [2.75, 3.05) is 6.61 Å². The van der Waals surface area contributed by atoms with Crippen LogP contribution in [0.5, 0.6) is 0 Å². The molecule has 84 valence electrons. The molecular weight excluding hydrogens is 176 g/mol. The molecule has 0 N–H and O–H groups in total. The highest BCUT2D eigenvalue weighted by Gasteiger charge is 2.24. The van der Waals surface area contributed by atoms with Crippen LogP contribution in [0.4, 0.5) is 0 Å². The minimum atomic E-state index is 0.362. The summed E-state index contributed by atoms with van der Waals surface area (Å²) in [5.41, 5.74) is 0. The Balaban J connectivity index is 2.13. The van der Waals surface area contributed by atoms with Crippen molar-refractivity contribution < 1.29 is 9.47 Å². The Kier molecular flexibility index (Phi) is 5.49. The van der Waals surface area contributed by atoms with Crippen molar-refractivity contribution in [2.24, 2.45) is 0 Å². The van der Waals surface area contributed by atoms with E-state index in [0.717, 1.165) is 25.9 Å². The molecule has 2 heteroatoms. The van der Waals surface area contributed by atoms with Crippen LogP contribution < -0.4 is 0 Å². The second-order valence-corrected chi connectivity index (χ2v) is 4.14. The van der Waals surface area contributed by atoms with Gasteiger partial charge in [0.05, 0.1) is 24.9 Å². The van der Waals surface area contributed by atoms with E-state index >= 15 is 0 Å². The van der Waals surface area contributed by atoms with Crippen LogP contribution in [-0.2, 0) is 9.47 Å². The van der Waals surface area contributed by atoms with Crippen LogP contribution in [0.1, 0.15) is 52.9 Å². The molecule has 2 atom stereocenters. The van der Waals surface area contributed by atoms with E-state index in [1.54, 1.807) is 0 Å². The maximum absolute atomic E-state index is 5.82. The molecule has 0 aromatic rings. The Morgan fingerprint density at radius 2 is 1.79 bits per heavy atom. The van der Waals surface area contributed by atoms with Gasteiger partial charge in [-0.2, -0.15) is 0 Å². The Morgan fingerprint density at radius 1 is 1.14 bits per heavy atom. The smallest absolute Gasteiger partial charge is 0.0813 e.